The predicted molar refractivity (Wildman–Crippen MR) is 78.9 cm³/mol. The lowest BCUT2D eigenvalue weighted by Gasteiger charge is -2.34. The molecular formula is C14H16ClN5O2. The first-order chi connectivity index (χ1) is 10.7. The zero-order chi connectivity index (χ0) is 15.5. The lowest BCUT2D eigenvalue weighted by atomic mass is 10.0. The van der Waals surface area contributed by atoms with Crippen LogP contribution in [0, 0.1) is 0 Å². The molecule has 1 aliphatic rings. The van der Waals surface area contributed by atoms with Gasteiger partial charge in [0.1, 0.15) is 11.4 Å². The van der Waals surface area contributed by atoms with Gasteiger partial charge in [-0.1, -0.05) is 5.16 Å². The third-order valence-corrected chi connectivity index (χ3v) is 3.81. The Balaban J connectivity index is 1.86. The van der Waals surface area contributed by atoms with E-state index < -0.39 is 5.38 Å². The number of halogens is 1. The van der Waals surface area contributed by atoms with Gasteiger partial charge < -0.3 is 9.42 Å². The minimum atomic E-state index is -0.569. The maximum Gasteiger partial charge on any atom is 0.249 e. The molecule has 116 valence electrons. The van der Waals surface area contributed by atoms with E-state index in [4.69, 9.17) is 16.1 Å². The second-order valence-corrected chi connectivity index (χ2v) is 5.84. The second-order valence-electron chi connectivity index (χ2n) is 5.19. The molecule has 2 atom stereocenters. The topological polar surface area (TPSA) is 85.0 Å². The van der Waals surface area contributed by atoms with E-state index in [-0.39, 0.29) is 11.9 Å². The molecule has 22 heavy (non-hydrogen) atoms. The van der Waals surface area contributed by atoms with Gasteiger partial charge in [-0.3, -0.25) is 4.79 Å². The van der Waals surface area contributed by atoms with Crippen molar-refractivity contribution in [2.45, 2.75) is 37.6 Å². The summed E-state index contributed by atoms with van der Waals surface area (Å²) in [4.78, 5) is 26.5. The predicted octanol–water partition coefficient (Wildman–Crippen LogP) is 2.21. The number of alkyl halides is 1. The lowest BCUT2D eigenvalue weighted by molar-refractivity contribution is -0.135. The smallest absolute Gasteiger partial charge is 0.249 e. The molecular weight excluding hydrogens is 306 g/mol. The summed E-state index contributed by atoms with van der Waals surface area (Å²) < 4.78 is 5.34. The Hall–Kier alpha value is -2.02. The van der Waals surface area contributed by atoms with E-state index in [2.05, 4.69) is 20.1 Å². The van der Waals surface area contributed by atoms with E-state index in [0.717, 1.165) is 19.3 Å². The fourth-order valence-corrected chi connectivity index (χ4v) is 2.68. The molecule has 2 unspecified atom stereocenters. The van der Waals surface area contributed by atoms with E-state index in [1.165, 1.54) is 0 Å². The van der Waals surface area contributed by atoms with Crippen molar-refractivity contribution in [3.63, 3.8) is 0 Å². The summed E-state index contributed by atoms with van der Waals surface area (Å²) in [5.74, 6) is 1.03. The van der Waals surface area contributed by atoms with Crippen molar-refractivity contribution in [3.8, 4) is 11.6 Å². The van der Waals surface area contributed by atoms with Crippen LogP contribution in [-0.2, 0) is 4.79 Å². The molecule has 7 nitrogen and oxygen atoms in total. The van der Waals surface area contributed by atoms with E-state index in [1.807, 2.05) is 0 Å². The van der Waals surface area contributed by atoms with Gasteiger partial charge in [0.25, 0.3) is 0 Å². The molecule has 0 aliphatic carbocycles. The number of carbonyl (C=O) groups is 1. The number of carbonyl (C=O) groups excluding carboxylic acids is 1. The van der Waals surface area contributed by atoms with Gasteiger partial charge in [-0.15, -0.1) is 11.6 Å². The number of hydrogen-bond donors (Lipinski definition) is 0. The van der Waals surface area contributed by atoms with E-state index >= 15 is 0 Å². The molecule has 2 aromatic heterocycles. The summed E-state index contributed by atoms with van der Waals surface area (Å²) in [7, 11) is 0. The normalized spacial score (nSPS) is 19.9. The Morgan fingerprint density at radius 2 is 2.14 bits per heavy atom. The average molecular weight is 322 g/mol. The van der Waals surface area contributed by atoms with Gasteiger partial charge >= 0.3 is 0 Å². The standard InChI is InChI=1S/C14H16ClN5O2/c1-9(15)14(21)20-8-3-2-5-10(20)13-18-12(19-22-13)11-16-6-4-7-17-11/h4,6-7,9-10H,2-3,5,8H2,1H3. The molecule has 0 N–H and O–H groups in total. The minimum absolute atomic E-state index is 0.109. The van der Waals surface area contributed by atoms with Crippen LogP contribution in [0.2, 0.25) is 0 Å². The van der Waals surface area contributed by atoms with Gasteiger partial charge in [0, 0.05) is 18.9 Å². The quantitative estimate of drug-likeness (QED) is 0.806. The Morgan fingerprint density at radius 1 is 1.36 bits per heavy atom. The third kappa shape index (κ3) is 2.94. The van der Waals surface area contributed by atoms with Crippen LogP contribution in [0.3, 0.4) is 0 Å². The van der Waals surface area contributed by atoms with Gasteiger partial charge in [-0.2, -0.15) is 4.98 Å². The van der Waals surface area contributed by atoms with Crippen LogP contribution in [0.25, 0.3) is 11.6 Å². The van der Waals surface area contributed by atoms with Gasteiger partial charge in [0.2, 0.25) is 23.4 Å². The van der Waals surface area contributed by atoms with Crippen molar-refractivity contribution in [1.29, 1.82) is 0 Å². The van der Waals surface area contributed by atoms with E-state index in [0.29, 0.717) is 24.1 Å². The summed E-state index contributed by atoms with van der Waals surface area (Å²) in [5.41, 5.74) is 0. The van der Waals surface area contributed by atoms with Gasteiger partial charge in [-0.25, -0.2) is 9.97 Å². The highest BCUT2D eigenvalue weighted by Gasteiger charge is 2.33. The largest absolute Gasteiger partial charge is 0.337 e. The maximum absolute atomic E-state index is 12.2. The van der Waals surface area contributed by atoms with Crippen LogP contribution in [0.15, 0.2) is 23.0 Å². The second kappa shape index (κ2) is 6.39. The number of piperidine rings is 1. The highest BCUT2D eigenvalue weighted by atomic mass is 35.5. The molecule has 1 fully saturated rings. The van der Waals surface area contributed by atoms with Crippen molar-refractivity contribution in [1.82, 2.24) is 25.0 Å². The van der Waals surface area contributed by atoms with Crippen molar-refractivity contribution in [2.75, 3.05) is 6.54 Å². The molecule has 1 saturated heterocycles. The van der Waals surface area contributed by atoms with Crippen molar-refractivity contribution in [2.24, 2.45) is 0 Å². The zero-order valence-corrected chi connectivity index (χ0v) is 12.9. The first kappa shape index (κ1) is 14.9. The summed E-state index contributed by atoms with van der Waals surface area (Å²) >= 11 is 5.94. The molecule has 1 amide bonds. The highest BCUT2D eigenvalue weighted by molar-refractivity contribution is 6.30. The first-order valence-electron chi connectivity index (χ1n) is 7.22. The van der Waals surface area contributed by atoms with Crippen molar-refractivity contribution < 1.29 is 9.32 Å². The molecule has 0 radical (unpaired) electrons. The minimum Gasteiger partial charge on any atom is -0.337 e. The van der Waals surface area contributed by atoms with Crippen molar-refractivity contribution >= 4 is 17.5 Å². The number of hydrogen-bond acceptors (Lipinski definition) is 6. The summed E-state index contributed by atoms with van der Waals surface area (Å²) in [5, 5.41) is 3.35. The number of aromatic nitrogens is 4. The Bertz CT molecular complexity index is 646. The van der Waals surface area contributed by atoms with Crippen LogP contribution in [0.4, 0.5) is 0 Å². The SMILES string of the molecule is CC(Cl)C(=O)N1CCCCC1c1nc(-c2ncccn2)no1. The molecule has 0 saturated carbocycles. The molecule has 3 heterocycles. The molecule has 2 aromatic rings. The van der Waals surface area contributed by atoms with Crippen LogP contribution in [-0.4, -0.2) is 42.8 Å². The molecule has 3 rings (SSSR count). The Labute approximate surface area is 132 Å². The lowest BCUT2D eigenvalue weighted by Crippen LogP contribution is -2.41. The summed E-state index contributed by atoms with van der Waals surface area (Å²) in [6.07, 6.45) is 5.97. The summed E-state index contributed by atoms with van der Waals surface area (Å²) in [6, 6.07) is 1.49. The fourth-order valence-electron chi connectivity index (χ4n) is 2.56. The number of rotatable bonds is 3. The number of likely N-dealkylation sites (tertiary alicyclic amines) is 1. The molecule has 1 aliphatic heterocycles. The van der Waals surface area contributed by atoms with E-state index in [9.17, 15) is 4.79 Å². The van der Waals surface area contributed by atoms with E-state index in [1.54, 1.807) is 30.3 Å². The van der Waals surface area contributed by atoms with Crippen LogP contribution in [0.5, 0.6) is 0 Å². The Morgan fingerprint density at radius 3 is 2.86 bits per heavy atom. The van der Waals surface area contributed by atoms with Crippen molar-refractivity contribution in [3.05, 3.63) is 24.4 Å². The zero-order valence-electron chi connectivity index (χ0n) is 12.1. The average Bonchev–Trinajstić information content (AvgIpc) is 3.05. The Kier molecular flexibility index (Phi) is 4.33. The van der Waals surface area contributed by atoms with Gasteiger partial charge in [0.05, 0.1) is 0 Å². The summed E-state index contributed by atoms with van der Waals surface area (Å²) in [6.45, 7) is 2.33. The third-order valence-electron chi connectivity index (χ3n) is 3.62. The van der Waals surface area contributed by atoms with Crippen LogP contribution < -0.4 is 0 Å². The fraction of sp³-hybridized carbons (Fsp3) is 0.500. The maximum atomic E-state index is 12.2. The van der Waals surface area contributed by atoms with Gasteiger partial charge in [-0.05, 0) is 32.3 Å². The van der Waals surface area contributed by atoms with Crippen LogP contribution >= 0.6 is 11.6 Å². The molecule has 0 aromatic carbocycles. The molecule has 8 heteroatoms. The number of amides is 1. The van der Waals surface area contributed by atoms with Gasteiger partial charge in [0.15, 0.2) is 0 Å². The highest BCUT2D eigenvalue weighted by Crippen LogP contribution is 2.31. The first-order valence-corrected chi connectivity index (χ1v) is 7.66. The molecule has 0 spiro atoms. The monoisotopic (exact) mass is 321 g/mol. The number of nitrogens with zero attached hydrogens (tertiary/aromatic N) is 5. The molecule has 0 bridgehead atoms. The van der Waals surface area contributed by atoms with Crippen LogP contribution in [0.1, 0.15) is 38.1 Å².